The Bertz CT molecular complexity index is 552. The first kappa shape index (κ1) is 9.08. The predicted octanol–water partition coefficient (Wildman–Crippen LogP) is 1.34. The van der Waals surface area contributed by atoms with E-state index in [1.165, 1.54) is 12.3 Å². The Morgan fingerprint density at radius 3 is 2.71 bits per heavy atom. The Labute approximate surface area is 81.2 Å². The first-order valence-electron chi connectivity index (χ1n) is 3.87. The van der Waals surface area contributed by atoms with E-state index in [4.69, 9.17) is 0 Å². The summed E-state index contributed by atoms with van der Waals surface area (Å²) in [4.78, 5) is 3.64. The van der Waals surface area contributed by atoms with Gasteiger partial charge in [0, 0.05) is 17.0 Å². The third-order valence-electron chi connectivity index (χ3n) is 1.91. The van der Waals surface area contributed by atoms with Crippen molar-refractivity contribution in [2.75, 3.05) is 0 Å². The first-order chi connectivity index (χ1) is 6.70. The fourth-order valence-corrected chi connectivity index (χ4v) is 1.95. The van der Waals surface area contributed by atoms with Crippen molar-refractivity contribution in [3.8, 4) is 0 Å². The highest BCUT2D eigenvalue weighted by Crippen LogP contribution is 2.21. The maximum atomic E-state index is 13.3. The molecule has 0 radical (unpaired) electrons. The van der Waals surface area contributed by atoms with Crippen LogP contribution in [0.5, 0.6) is 0 Å². The normalized spacial score (nSPS) is 11.0. The molecular weight excluding hydrogens is 205 g/mol. The summed E-state index contributed by atoms with van der Waals surface area (Å²) in [5.41, 5.74) is 0. The second-order valence-electron chi connectivity index (χ2n) is 2.75. The van der Waals surface area contributed by atoms with Crippen molar-refractivity contribution in [2.24, 2.45) is 0 Å². The maximum Gasteiger partial charge on any atom is 0.169 e. The van der Waals surface area contributed by atoms with Crippen LogP contribution in [0.15, 0.2) is 35.5 Å². The third kappa shape index (κ3) is 1.35. The number of benzene rings is 1. The summed E-state index contributed by atoms with van der Waals surface area (Å²) in [5.74, 6) is -0.614. The van der Waals surface area contributed by atoms with Gasteiger partial charge in [-0.3, -0.25) is 4.98 Å². The van der Waals surface area contributed by atoms with E-state index in [0.29, 0.717) is 5.39 Å². The van der Waals surface area contributed by atoms with Gasteiger partial charge in [-0.2, -0.15) is 0 Å². The van der Waals surface area contributed by atoms with Gasteiger partial charge in [0.25, 0.3) is 0 Å². The van der Waals surface area contributed by atoms with E-state index in [1.54, 1.807) is 12.1 Å². The SMILES string of the molecule is O=[SH](=O)c1cccc2cncc(F)c12. The standard InChI is InChI=1S/C9H6FNO2S/c10-7-5-11-4-6-2-1-3-8(9(6)7)14(12)13/h1-5,14H. The van der Waals surface area contributed by atoms with Gasteiger partial charge < -0.3 is 0 Å². The lowest BCUT2D eigenvalue weighted by atomic mass is 10.2. The number of nitrogens with zero attached hydrogens (tertiary/aromatic N) is 1. The minimum absolute atomic E-state index is 0.00241. The summed E-state index contributed by atoms with van der Waals surface area (Å²) < 4.78 is 34.9. The molecule has 5 heteroatoms. The van der Waals surface area contributed by atoms with Crippen molar-refractivity contribution in [2.45, 2.75) is 4.90 Å². The number of pyridine rings is 1. The van der Waals surface area contributed by atoms with Crippen molar-refractivity contribution in [3.05, 3.63) is 36.4 Å². The number of hydrogen-bond donors (Lipinski definition) is 1. The molecule has 1 aromatic carbocycles. The molecule has 0 bridgehead atoms. The number of hydrogen-bond acceptors (Lipinski definition) is 3. The zero-order valence-electron chi connectivity index (χ0n) is 6.98. The third-order valence-corrected chi connectivity index (χ3v) is 2.68. The predicted molar refractivity (Wildman–Crippen MR) is 50.3 cm³/mol. The Balaban J connectivity index is 2.98. The fraction of sp³-hybridized carbons (Fsp3) is 0. The van der Waals surface area contributed by atoms with Crippen molar-refractivity contribution < 1.29 is 12.8 Å². The van der Waals surface area contributed by atoms with Gasteiger partial charge in [-0.05, 0) is 6.07 Å². The average Bonchev–Trinajstić information content (AvgIpc) is 2.17. The molecule has 0 atom stereocenters. The summed E-state index contributed by atoms with van der Waals surface area (Å²) >= 11 is 0. The highest BCUT2D eigenvalue weighted by Gasteiger charge is 2.07. The van der Waals surface area contributed by atoms with Gasteiger partial charge in [0.15, 0.2) is 16.5 Å². The Morgan fingerprint density at radius 1 is 1.21 bits per heavy atom. The van der Waals surface area contributed by atoms with Crippen LogP contribution in [0.2, 0.25) is 0 Å². The molecular formula is C9H6FNO2S. The Morgan fingerprint density at radius 2 is 2.00 bits per heavy atom. The minimum Gasteiger partial charge on any atom is -0.261 e. The molecule has 0 aliphatic heterocycles. The minimum atomic E-state index is -2.78. The molecule has 1 aromatic heterocycles. The van der Waals surface area contributed by atoms with Gasteiger partial charge in [0.05, 0.1) is 11.1 Å². The van der Waals surface area contributed by atoms with Crippen LogP contribution in [0.4, 0.5) is 4.39 Å². The van der Waals surface area contributed by atoms with Crippen LogP contribution in [0, 0.1) is 5.82 Å². The van der Waals surface area contributed by atoms with Crippen molar-refractivity contribution in [3.63, 3.8) is 0 Å². The second-order valence-corrected chi connectivity index (χ2v) is 3.75. The lowest BCUT2D eigenvalue weighted by Crippen LogP contribution is -1.88. The Hall–Kier alpha value is -1.49. The zero-order chi connectivity index (χ0) is 10.1. The van der Waals surface area contributed by atoms with Crippen LogP contribution in [-0.2, 0) is 10.7 Å². The number of fused-ring (bicyclic) bond motifs is 1. The lowest BCUT2D eigenvalue weighted by molar-refractivity contribution is 0.611. The number of rotatable bonds is 1. The smallest absolute Gasteiger partial charge is 0.169 e. The zero-order valence-corrected chi connectivity index (χ0v) is 7.87. The molecule has 72 valence electrons. The average molecular weight is 211 g/mol. The van der Waals surface area contributed by atoms with Crippen LogP contribution in [-0.4, -0.2) is 13.4 Å². The summed E-state index contributed by atoms with van der Waals surface area (Å²) in [5, 5.41) is 0.598. The van der Waals surface area contributed by atoms with E-state index in [-0.39, 0.29) is 10.3 Å². The van der Waals surface area contributed by atoms with Gasteiger partial charge >= 0.3 is 0 Å². The first-order valence-corrected chi connectivity index (χ1v) is 5.04. The Kier molecular flexibility index (Phi) is 2.17. The molecule has 0 aliphatic rings. The quantitative estimate of drug-likeness (QED) is 0.724. The highest BCUT2D eigenvalue weighted by atomic mass is 32.2. The molecule has 0 unspecified atom stereocenters. The van der Waals surface area contributed by atoms with E-state index in [9.17, 15) is 12.8 Å². The molecule has 14 heavy (non-hydrogen) atoms. The van der Waals surface area contributed by atoms with Crippen LogP contribution in [0.3, 0.4) is 0 Å². The molecule has 3 nitrogen and oxygen atoms in total. The number of halogens is 1. The monoisotopic (exact) mass is 211 g/mol. The van der Waals surface area contributed by atoms with E-state index in [1.807, 2.05) is 0 Å². The van der Waals surface area contributed by atoms with Gasteiger partial charge in [-0.15, -0.1) is 0 Å². The van der Waals surface area contributed by atoms with Gasteiger partial charge in [-0.1, -0.05) is 12.1 Å². The molecule has 0 amide bonds. The molecule has 0 N–H and O–H groups in total. The van der Waals surface area contributed by atoms with E-state index in [0.717, 1.165) is 6.20 Å². The molecule has 0 spiro atoms. The van der Waals surface area contributed by atoms with Crippen molar-refractivity contribution >= 4 is 21.5 Å². The maximum absolute atomic E-state index is 13.3. The molecule has 0 saturated carbocycles. The van der Waals surface area contributed by atoms with Gasteiger partial charge in [-0.25, -0.2) is 12.8 Å². The topological polar surface area (TPSA) is 47.0 Å². The molecule has 0 saturated heterocycles. The highest BCUT2D eigenvalue weighted by molar-refractivity contribution is 7.72. The van der Waals surface area contributed by atoms with Crippen LogP contribution < -0.4 is 0 Å². The second kappa shape index (κ2) is 3.34. The summed E-state index contributed by atoms with van der Waals surface area (Å²) in [6.07, 6.45) is 2.44. The molecule has 2 aromatic rings. The molecule has 0 aliphatic carbocycles. The lowest BCUT2D eigenvalue weighted by Gasteiger charge is -2.00. The fourth-order valence-electron chi connectivity index (χ4n) is 1.32. The van der Waals surface area contributed by atoms with Gasteiger partial charge in [0.2, 0.25) is 0 Å². The molecule has 1 heterocycles. The number of thiol groups is 1. The van der Waals surface area contributed by atoms with Crippen LogP contribution in [0.25, 0.3) is 10.8 Å². The molecule has 0 fully saturated rings. The summed E-state index contributed by atoms with van der Waals surface area (Å²) in [6.45, 7) is 0. The van der Waals surface area contributed by atoms with E-state index < -0.39 is 16.5 Å². The van der Waals surface area contributed by atoms with Crippen molar-refractivity contribution in [1.82, 2.24) is 4.98 Å². The van der Waals surface area contributed by atoms with Crippen LogP contribution >= 0.6 is 0 Å². The molecule has 2 rings (SSSR count). The van der Waals surface area contributed by atoms with E-state index >= 15 is 0 Å². The summed E-state index contributed by atoms with van der Waals surface area (Å²) in [7, 11) is -2.78. The van der Waals surface area contributed by atoms with Gasteiger partial charge in [0.1, 0.15) is 0 Å². The summed E-state index contributed by atoms with van der Waals surface area (Å²) in [6, 6.07) is 4.55. The van der Waals surface area contributed by atoms with E-state index in [2.05, 4.69) is 4.98 Å². The van der Waals surface area contributed by atoms with Crippen molar-refractivity contribution in [1.29, 1.82) is 0 Å². The van der Waals surface area contributed by atoms with Crippen LogP contribution in [0.1, 0.15) is 0 Å². The number of aromatic nitrogens is 1. The largest absolute Gasteiger partial charge is 0.261 e.